The normalized spacial score (nSPS) is 17.1. The number of amides is 1. The van der Waals surface area contributed by atoms with E-state index in [1.54, 1.807) is 17.0 Å². The smallest absolute Gasteiger partial charge is 0.419 e. The number of aromatic nitrogens is 1. The maximum Gasteiger partial charge on any atom is 0.419 e. The first kappa shape index (κ1) is 23.6. The number of thiocarbonyl (C=S) groups is 1. The molecule has 0 bridgehead atoms. The molecule has 11 heteroatoms. The SMILES string of the molecule is N#Cc1ncc(N2C(=O)C3(CCC3)N(c3ccc(CCCC(=O)O)cc3)C2=S)cc1C(F)(F)F. The number of carbonyl (C=O) groups is 2. The molecular formula is C23H19F3N4O3S. The molecule has 2 aliphatic rings. The standard InChI is InChI=1S/C23H19F3N4O3S/c24-23(25,26)17-11-16(13-28-18(17)12-27)29-20(33)22(9-2-10-22)30(21(29)34)15-7-5-14(6-8-15)3-1-4-19(31)32/h5-8,11,13H,1-4,9-10H2,(H,31,32). The topological polar surface area (TPSA) is 97.5 Å². The summed E-state index contributed by atoms with van der Waals surface area (Å²) in [6, 6.07) is 9.36. The number of nitriles is 1. The number of aryl methyl sites for hydroxylation is 1. The Morgan fingerprint density at radius 3 is 2.44 bits per heavy atom. The van der Waals surface area contributed by atoms with Crippen LogP contribution in [-0.2, 0) is 22.2 Å². The molecule has 2 aromatic rings. The van der Waals surface area contributed by atoms with Crippen molar-refractivity contribution in [3.63, 3.8) is 0 Å². The van der Waals surface area contributed by atoms with Crippen LogP contribution in [0.25, 0.3) is 0 Å². The van der Waals surface area contributed by atoms with Crippen LogP contribution in [0.4, 0.5) is 24.5 Å². The Balaban J connectivity index is 1.67. The predicted molar refractivity (Wildman–Crippen MR) is 120 cm³/mol. The van der Waals surface area contributed by atoms with Crippen LogP contribution in [0, 0.1) is 11.3 Å². The van der Waals surface area contributed by atoms with Gasteiger partial charge in [-0.3, -0.25) is 14.5 Å². The average Bonchev–Trinajstić information content (AvgIpc) is 3.00. The molecule has 1 aliphatic heterocycles. The molecule has 1 N–H and O–H groups in total. The predicted octanol–water partition coefficient (Wildman–Crippen LogP) is 4.44. The third kappa shape index (κ3) is 3.98. The number of alkyl halides is 3. The van der Waals surface area contributed by atoms with E-state index >= 15 is 0 Å². The maximum atomic E-state index is 13.5. The lowest BCUT2D eigenvalue weighted by Crippen LogP contribution is -2.55. The van der Waals surface area contributed by atoms with E-state index in [4.69, 9.17) is 22.6 Å². The van der Waals surface area contributed by atoms with Gasteiger partial charge in [0.05, 0.1) is 17.4 Å². The second-order valence-electron chi connectivity index (χ2n) is 8.26. The number of halogens is 3. The van der Waals surface area contributed by atoms with Crippen molar-refractivity contribution in [2.24, 2.45) is 0 Å². The van der Waals surface area contributed by atoms with Crippen LogP contribution >= 0.6 is 12.2 Å². The third-order valence-electron chi connectivity index (χ3n) is 6.19. The van der Waals surface area contributed by atoms with Crippen molar-refractivity contribution in [1.82, 2.24) is 4.98 Å². The Kier molecular flexibility index (Phi) is 6.03. The van der Waals surface area contributed by atoms with E-state index in [1.807, 2.05) is 12.1 Å². The van der Waals surface area contributed by atoms with Crippen LogP contribution in [0.3, 0.4) is 0 Å². The van der Waals surface area contributed by atoms with Gasteiger partial charge in [0.1, 0.15) is 11.6 Å². The van der Waals surface area contributed by atoms with Gasteiger partial charge in [-0.1, -0.05) is 12.1 Å². The zero-order valence-electron chi connectivity index (χ0n) is 17.8. The molecule has 1 saturated heterocycles. The van der Waals surface area contributed by atoms with E-state index in [0.717, 1.165) is 29.1 Å². The van der Waals surface area contributed by atoms with Gasteiger partial charge in [0.25, 0.3) is 5.91 Å². The van der Waals surface area contributed by atoms with Gasteiger partial charge in [0, 0.05) is 12.1 Å². The van der Waals surface area contributed by atoms with Crippen LogP contribution in [0.2, 0.25) is 0 Å². The molecule has 7 nitrogen and oxygen atoms in total. The van der Waals surface area contributed by atoms with Gasteiger partial charge in [0.15, 0.2) is 10.8 Å². The fourth-order valence-corrected chi connectivity index (χ4v) is 4.81. The van der Waals surface area contributed by atoms with Crippen molar-refractivity contribution in [2.75, 3.05) is 9.80 Å². The minimum atomic E-state index is -4.82. The lowest BCUT2D eigenvalue weighted by atomic mass is 9.75. The Labute approximate surface area is 198 Å². The second kappa shape index (κ2) is 8.68. The zero-order valence-corrected chi connectivity index (χ0v) is 18.6. The third-order valence-corrected chi connectivity index (χ3v) is 6.55. The summed E-state index contributed by atoms with van der Waals surface area (Å²) >= 11 is 5.57. The summed E-state index contributed by atoms with van der Waals surface area (Å²) in [5, 5.41) is 17.8. The van der Waals surface area contributed by atoms with E-state index in [-0.39, 0.29) is 17.2 Å². The highest BCUT2D eigenvalue weighted by molar-refractivity contribution is 7.81. The number of pyridine rings is 1. The molecule has 176 valence electrons. The average molecular weight is 488 g/mol. The van der Waals surface area contributed by atoms with Crippen LogP contribution in [0.15, 0.2) is 36.5 Å². The van der Waals surface area contributed by atoms with Crippen molar-refractivity contribution in [2.45, 2.75) is 50.2 Å². The lowest BCUT2D eigenvalue weighted by molar-refractivity contribution is -0.138. The van der Waals surface area contributed by atoms with Crippen molar-refractivity contribution >= 4 is 40.6 Å². The van der Waals surface area contributed by atoms with E-state index in [2.05, 4.69) is 4.98 Å². The Morgan fingerprint density at radius 1 is 1.24 bits per heavy atom. The fourth-order valence-electron chi connectivity index (χ4n) is 4.34. The minimum Gasteiger partial charge on any atom is -0.481 e. The molecule has 1 aromatic carbocycles. The van der Waals surface area contributed by atoms with Crippen molar-refractivity contribution in [1.29, 1.82) is 5.26 Å². The molecule has 1 aliphatic carbocycles. The van der Waals surface area contributed by atoms with Gasteiger partial charge < -0.3 is 10.0 Å². The van der Waals surface area contributed by atoms with Crippen LogP contribution < -0.4 is 9.80 Å². The first-order valence-corrected chi connectivity index (χ1v) is 11.0. The lowest BCUT2D eigenvalue weighted by Gasteiger charge is -2.43. The molecule has 2 heterocycles. The minimum absolute atomic E-state index is 0.0444. The quantitative estimate of drug-likeness (QED) is 0.601. The van der Waals surface area contributed by atoms with Crippen LogP contribution in [-0.4, -0.2) is 32.6 Å². The molecule has 1 saturated carbocycles. The highest BCUT2D eigenvalue weighted by atomic mass is 32.1. The second-order valence-corrected chi connectivity index (χ2v) is 8.62. The van der Waals surface area contributed by atoms with E-state index in [9.17, 15) is 22.8 Å². The number of nitrogens with zero attached hydrogens (tertiary/aromatic N) is 4. The number of aliphatic carboxylic acids is 1. The number of carbonyl (C=O) groups excluding carboxylic acids is 1. The molecule has 34 heavy (non-hydrogen) atoms. The van der Waals surface area contributed by atoms with E-state index < -0.39 is 34.8 Å². The summed E-state index contributed by atoms with van der Waals surface area (Å²) in [5.41, 5.74) is -1.57. The summed E-state index contributed by atoms with van der Waals surface area (Å²) in [6.07, 6.45) is -0.876. The Hall–Kier alpha value is -3.52. The van der Waals surface area contributed by atoms with Gasteiger partial charge >= 0.3 is 12.1 Å². The van der Waals surface area contributed by atoms with Crippen molar-refractivity contribution < 1.29 is 27.9 Å². The maximum absolute atomic E-state index is 13.5. The van der Waals surface area contributed by atoms with Gasteiger partial charge in [-0.05, 0) is 68.1 Å². The molecule has 0 unspecified atom stereocenters. The van der Waals surface area contributed by atoms with E-state index in [1.165, 1.54) is 6.07 Å². The van der Waals surface area contributed by atoms with Crippen molar-refractivity contribution in [3.8, 4) is 6.07 Å². The molecular weight excluding hydrogens is 469 g/mol. The molecule has 1 spiro atoms. The largest absolute Gasteiger partial charge is 0.481 e. The summed E-state index contributed by atoms with van der Waals surface area (Å²) < 4.78 is 40.4. The first-order chi connectivity index (χ1) is 16.1. The summed E-state index contributed by atoms with van der Waals surface area (Å²) in [5.74, 6) is -1.29. The molecule has 2 fully saturated rings. The molecule has 0 atom stereocenters. The van der Waals surface area contributed by atoms with Crippen LogP contribution in [0.5, 0.6) is 0 Å². The van der Waals surface area contributed by atoms with Gasteiger partial charge in [-0.25, -0.2) is 4.98 Å². The molecule has 1 amide bonds. The monoisotopic (exact) mass is 488 g/mol. The van der Waals surface area contributed by atoms with Gasteiger partial charge in [-0.2, -0.15) is 18.4 Å². The summed E-state index contributed by atoms with van der Waals surface area (Å²) in [6.45, 7) is 0. The number of rotatable bonds is 6. The number of carboxylic acid groups (broad SMARTS) is 1. The van der Waals surface area contributed by atoms with Crippen molar-refractivity contribution in [3.05, 3.63) is 53.3 Å². The number of anilines is 2. The van der Waals surface area contributed by atoms with Gasteiger partial charge in [-0.15, -0.1) is 0 Å². The highest BCUT2D eigenvalue weighted by Crippen LogP contribution is 2.48. The number of carboxylic acids is 1. The van der Waals surface area contributed by atoms with E-state index in [0.29, 0.717) is 31.4 Å². The Morgan fingerprint density at radius 2 is 1.91 bits per heavy atom. The summed E-state index contributed by atoms with van der Waals surface area (Å²) in [7, 11) is 0. The number of hydrogen-bond acceptors (Lipinski definition) is 5. The van der Waals surface area contributed by atoms with Gasteiger partial charge in [0.2, 0.25) is 0 Å². The zero-order chi connectivity index (χ0) is 24.7. The number of hydrogen-bond donors (Lipinski definition) is 1. The Bertz CT molecular complexity index is 1200. The molecule has 1 aromatic heterocycles. The number of benzene rings is 1. The summed E-state index contributed by atoms with van der Waals surface area (Å²) in [4.78, 5) is 30.5. The first-order valence-electron chi connectivity index (χ1n) is 10.6. The van der Waals surface area contributed by atoms with Crippen LogP contribution in [0.1, 0.15) is 48.9 Å². The highest BCUT2D eigenvalue weighted by Gasteiger charge is 2.59. The molecule has 4 rings (SSSR count). The molecule has 0 radical (unpaired) electrons. The fraction of sp³-hybridized carbons (Fsp3) is 0.348.